The molecule has 2 aromatic heterocycles. The van der Waals surface area contributed by atoms with Crippen LogP contribution >= 0.6 is 0 Å². The smallest absolute Gasteiger partial charge is 0.142 e. The van der Waals surface area contributed by atoms with E-state index < -0.39 is 0 Å². The van der Waals surface area contributed by atoms with Gasteiger partial charge in [-0.05, 0) is 13.0 Å². The highest BCUT2D eigenvalue weighted by Gasteiger charge is 2.11. The van der Waals surface area contributed by atoms with E-state index >= 15 is 0 Å². The Bertz CT molecular complexity index is 684. The maximum Gasteiger partial charge on any atom is 0.142 e. The topological polar surface area (TPSA) is 43.3 Å². The maximum atomic E-state index is 5.76. The molecule has 0 saturated carbocycles. The first-order chi connectivity index (χ1) is 8.81. The Labute approximate surface area is 106 Å². The number of pyridine rings is 1. The summed E-state index contributed by atoms with van der Waals surface area (Å²) in [7, 11) is 0. The first kappa shape index (κ1) is 11.0. The number of imidazole rings is 1. The number of aromatic nitrogens is 2. The Morgan fingerprint density at radius 1 is 1.11 bits per heavy atom. The zero-order valence-electron chi connectivity index (χ0n) is 10.3. The number of rotatable bonds is 2. The number of nitrogens with zero attached hydrogens (tertiary/aromatic N) is 2. The highest BCUT2D eigenvalue weighted by atomic mass is 15.0. The average molecular weight is 237 g/mol. The van der Waals surface area contributed by atoms with Gasteiger partial charge in [0.05, 0.1) is 5.69 Å². The number of hydrogen-bond acceptors (Lipinski definition) is 2. The monoisotopic (exact) mass is 237 g/mol. The summed E-state index contributed by atoms with van der Waals surface area (Å²) < 4.78 is 2.10. The van der Waals surface area contributed by atoms with E-state index in [1.165, 1.54) is 0 Å². The minimum Gasteiger partial charge on any atom is -0.326 e. The van der Waals surface area contributed by atoms with Crippen molar-refractivity contribution in [3.8, 4) is 11.3 Å². The molecule has 3 heteroatoms. The molecule has 0 unspecified atom stereocenters. The summed E-state index contributed by atoms with van der Waals surface area (Å²) in [6.07, 6.45) is 2.03. The van der Waals surface area contributed by atoms with Crippen molar-refractivity contribution in [3.63, 3.8) is 0 Å². The Morgan fingerprint density at radius 3 is 2.61 bits per heavy atom. The van der Waals surface area contributed by atoms with Crippen molar-refractivity contribution < 1.29 is 0 Å². The summed E-state index contributed by atoms with van der Waals surface area (Å²) >= 11 is 0. The second-order valence-corrected chi connectivity index (χ2v) is 4.34. The standard InChI is InChI=1S/C15H15N3/c1-11-14(12-6-3-2-4-7-12)17-15-13(10-16)8-5-9-18(11)15/h2-9H,10,16H2,1H3. The van der Waals surface area contributed by atoms with Crippen LogP contribution in [0.25, 0.3) is 16.9 Å². The van der Waals surface area contributed by atoms with Crippen LogP contribution < -0.4 is 5.73 Å². The third kappa shape index (κ3) is 1.60. The van der Waals surface area contributed by atoms with E-state index in [2.05, 4.69) is 23.5 Å². The molecular formula is C15H15N3. The molecule has 0 amide bonds. The van der Waals surface area contributed by atoms with Gasteiger partial charge in [-0.2, -0.15) is 0 Å². The lowest BCUT2D eigenvalue weighted by atomic mass is 10.1. The average Bonchev–Trinajstić information content (AvgIpc) is 2.77. The van der Waals surface area contributed by atoms with Gasteiger partial charge < -0.3 is 10.1 Å². The van der Waals surface area contributed by atoms with Crippen molar-refractivity contribution in [2.24, 2.45) is 5.73 Å². The zero-order chi connectivity index (χ0) is 12.5. The molecule has 0 atom stereocenters. The molecule has 0 spiro atoms. The van der Waals surface area contributed by atoms with Crippen LogP contribution in [0.2, 0.25) is 0 Å². The predicted molar refractivity (Wildman–Crippen MR) is 73.3 cm³/mol. The van der Waals surface area contributed by atoms with Crippen LogP contribution in [0, 0.1) is 6.92 Å². The fourth-order valence-corrected chi connectivity index (χ4v) is 2.27. The lowest BCUT2D eigenvalue weighted by Crippen LogP contribution is -1.99. The lowest BCUT2D eigenvalue weighted by Gasteiger charge is -2.00. The quantitative estimate of drug-likeness (QED) is 0.744. The first-order valence-corrected chi connectivity index (χ1v) is 6.03. The van der Waals surface area contributed by atoms with Gasteiger partial charge in [0.25, 0.3) is 0 Å². The molecule has 3 rings (SSSR count). The van der Waals surface area contributed by atoms with Gasteiger partial charge in [0.1, 0.15) is 5.65 Å². The highest BCUT2D eigenvalue weighted by Crippen LogP contribution is 2.24. The fraction of sp³-hybridized carbons (Fsp3) is 0.133. The predicted octanol–water partition coefficient (Wildman–Crippen LogP) is 2.77. The molecular weight excluding hydrogens is 222 g/mol. The van der Waals surface area contributed by atoms with Crippen molar-refractivity contribution in [1.29, 1.82) is 0 Å². The van der Waals surface area contributed by atoms with Crippen LogP contribution in [-0.2, 0) is 6.54 Å². The normalized spacial score (nSPS) is 11.0. The number of aryl methyl sites for hydroxylation is 1. The molecule has 2 N–H and O–H groups in total. The molecule has 1 aromatic carbocycles. The van der Waals surface area contributed by atoms with E-state index in [1.54, 1.807) is 0 Å². The summed E-state index contributed by atoms with van der Waals surface area (Å²) in [4.78, 5) is 4.74. The Hall–Kier alpha value is -2.13. The van der Waals surface area contributed by atoms with E-state index in [-0.39, 0.29) is 0 Å². The van der Waals surface area contributed by atoms with Crippen molar-refractivity contribution >= 4 is 5.65 Å². The molecule has 0 saturated heterocycles. The van der Waals surface area contributed by atoms with Crippen molar-refractivity contribution in [3.05, 3.63) is 59.9 Å². The van der Waals surface area contributed by atoms with Gasteiger partial charge in [-0.25, -0.2) is 4.98 Å². The van der Waals surface area contributed by atoms with Crippen LogP contribution in [0.15, 0.2) is 48.7 Å². The molecule has 0 aliphatic rings. The lowest BCUT2D eigenvalue weighted by molar-refractivity contribution is 1.03. The SMILES string of the molecule is Cc1c(-c2ccccc2)nc2c(CN)cccn12. The minimum atomic E-state index is 0.509. The molecule has 18 heavy (non-hydrogen) atoms. The van der Waals surface area contributed by atoms with E-state index in [0.717, 1.165) is 28.2 Å². The summed E-state index contributed by atoms with van der Waals surface area (Å²) in [5.41, 5.74) is 11.1. The summed E-state index contributed by atoms with van der Waals surface area (Å²) in [6, 6.07) is 14.3. The van der Waals surface area contributed by atoms with Crippen molar-refractivity contribution in [1.82, 2.24) is 9.38 Å². The first-order valence-electron chi connectivity index (χ1n) is 6.03. The highest BCUT2D eigenvalue weighted by molar-refractivity contribution is 5.67. The van der Waals surface area contributed by atoms with Gasteiger partial charge in [0.2, 0.25) is 0 Å². The van der Waals surface area contributed by atoms with E-state index in [0.29, 0.717) is 6.54 Å². The fourth-order valence-electron chi connectivity index (χ4n) is 2.27. The van der Waals surface area contributed by atoms with Crippen LogP contribution in [0.1, 0.15) is 11.3 Å². The van der Waals surface area contributed by atoms with Crippen LogP contribution in [0.3, 0.4) is 0 Å². The molecule has 0 aliphatic carbocycles. The summed E-state index contributed by atoms with van der Waals surface area (Å²) in [5, 5.41) is 0. The third-order valence-corrected chi connectivity index (χ3v) is 3.24. The van der Waals surface area contributed by atoms with Crippen LogP contribution in [-0.4, -0.2) is 9.38 Å². The van der Waals surface area contributed by atoms with Gasteiger partial charge in [-0.1, -0.05) is 36.4 Å². The molecule has 3 aromatic rings. The molecule has 0 aliphatic heterocycles. The van der Waals surface area contributed by atoms with Crippen LogP contribution in [0.4, 0.5) is 0 Å². The number of fused-ring (bicyclic) bond motifs is 1. The molecule has 0 fully saturated rings. The molecule has 0 radical (unpaired) electrons. The Kier molecular flexibility index (Phi) is 2.61. The maximum absolute atomic E-state index is 5.76. The van der Waals surface area contributed by atoms with Gasteiger partial charge in [0, 0.05) is 29.6 Å². The van der Waals surface area contributed by atoms with Gasteiger partial charge in [-0.3, -0.25) is 0 Å². The van der Waals surface area contributed by atoms with Gasteiger partial charge in [-0.15, -0.1) is 0 Å². The third-order valence-electron chi connectivity index (χ3n) is 3.24. The van der Waals surface area contributed by atoms with E-state index in [1.807, 2.05) is 36.5 Å². The molecule has 0 bridgehead atoms. The molecule has 2 heterocycles. The van der Waals surface area contributed by atoms with Crippen LogP contribution in [0.5, 0.6) is 0 Å². The van der Waals surface area contributed by atoms with Gasteiger partial charge >= 0.3 is 0 Å². The largest absolute Gasteiger partial charge is 0.326 e. The van der Waals surface area contributed by atoms with Crippen molar-refractivity contribution in [2.75, 3.05) is 0 Å². The number of nitrogens with two attached hydrogens (primary N) is 1. The second-order valence-electron chi connectivity index (χ2n) is 4.34. The van der Waals surface area contributed by atoms with E-state index in [4.69, 9.17) is 10.7 Å². The minimum absolute atomic E-state index is 0.509. The number of benzene rings is 1. The number of hydrogen-bond donors (Lipinski definition) is 1. The Balaban J connectivity index is 2.29. The molecule has 3 nitrogen and oxygen atoms in total. The second kappa shape index (κ2) is 4.27. The Morgan fingerprint density at radius 2 is 1.89 bits per heavy atom. The molecule has 90 valence electrons. The summed E-state index contributed by atoms with van der Waals surface area (Å²) in [6.45, 7) is 2.59. The summed E-state index contributed by atoms with van der Waals surface area (Å²) in [5.74, 6) is 0. The van der Waals surface area contributed by atoms with Gasteiger partial charge in [0.15, 0.2) is 0 Å². The van der Waals surface area contributed by atoms with Crippen molar-refractivity contribution in [2.45, 2.75) is 13.5 Å². The van der Waals surface area contributed by atoms with E-state index in [9.17, 15) is 0 Å². The zero-order valence-corrected chi connectivity index (χ0v) is 10.3.